The monoisotopic (exact) mass is 357 g/mol. The number of carbonyl (C=O) groups excluding carboxylic acids is 1. The molecule has 4 nitrogen and oxygen atoms in total. The summed E-state index contributed by atoms with van der Waals surface area (Å²) < 4.78 is 0. The van der Waals surface area contributed by atoms with Gasteiger partial charge >= 0.3 is 0 Å². The van der Waals surface area contributed by atoms with E-state index in [0.717, 1.165) is 51.9 Å². The molecule has 2 aliphatic rings. The van der Waals surface area contributed by atoms with Gasteiger partial charge in [-0.1, -0.05) is 31.2 Å². The smallest absolute Gasteiger partial charge is 0.236 e. The van der Waals surface area contributed by atoms with Gasteiger partial charge in [0.2, 0.25) is 5.91 Å². The molecular weight excluding hydrogens is 322 g/mol. The Morgan fingerprint density at radius 1 is 1.19 bits per heavy atom. The minimum absolute atomic E-state index is 0.162. The fourth-order valence-corrected chi connectivity index (χ4v) is 4.83. The van der Waals surface area contributed by atoms with Crippen LogP contribution >= 0.6 is 0 Å². The van der Waals surface area contributed by atoms with E-state index in [1.54, 1.807) is 0 Å². The third-order valence-electron chi connectivity index (χ3n) is 6.42. The van der Waals surface area contributed by atoms with Gasteiger partial charge in [0.1, 0.15) is 0 Å². The zero-order chi connectivity index (χ0) is 18.7. The molecule has 1 saturated heterocycles. The van der Waals surface area contributed by atoms with E-state index in [0.29, 0.717) is 6.54 Å². The molecule has 0 N–H and O–H groups in total. The van der Waals surface area contributed by atoms with Crippen LogP contribution in [0.25, 0.3) is 0 Å². The molecule has 1 amide bonds. The normalized spacial score (nSPS) is 20.3. The molecule has 0 unspecified atom stereocenters. The maximum Gasteiger partial charge on any atom is 0.236 e. The van der Waals surface area contributed by atoms with Gasteiger partial charge in [0.05, 0.1) is 6.54 Å². The van der Waals surface area contributed by atoms with E-state index in [9.17, 15) is 4.79 Å². The lowest BCUT2D eigenvalue weighted by molar-refractivity contribution is -0.135. The van der Waals surface area contributed by atoms with Gasteiger partial charge in [0.15, 0.2) is 0 Å². The Morgan fingerprint density at radius 2 is 1.88 bits per heavy atom. The predicted octanol–water partition coefficient (Wildman–Crippen LogP) is 3.11. The van der Waals surface area contributed by atoms with Crippen LogP contribution < -0.4 is 0 Å². The summed E-state index contributed by atoms with van der Waals surface area (Å²) >= 11 is 0. The number of fused-ring (bicyclic) bond motifs is 2. The second-order valence-electron chi connectivity index (χ2n) is 8.32. The first-order valence-corrected chi connectivity index (χ1v) is 10.3. The second kappa shape index (κ2) is 8.10. The van der Waals surface area contributed by atoms with Crippen LogP contribution in [0.5, 0.6) is 0 Å². The van der Waals surface area contributed by atoms with Crippen molar-refractivity contribution in [3.63, 3.8) is 0 Å². The Hall–Kier alpha value is -1.39. The fourth-order valence-electron chi connectivity index (χ4n) is 4.83. The zero-order valence-corrected chi connectivity index (χ0v) is 17.0. The van der Waals surface area contributed by atoms with Gasteiger partial charge in [-0.2, -0.15) is 0 Å². The molecule has 1 spiro atoms. The van der Waals surface area contributed by atoms with Crippen LogP contribution in [-0.4, -0.2) is 66.4 Å². The van der Waals surface area contributed by atoms with Crippen molar-refractivity contribution in [2.45, 2.75) is 58.0 Å². The average Bonchev–Trinajstić information content (AvgIpc) is 2.64. The Balaban J connectivity index is 1.67. The standard InChI is InChI=1S/C22H35N3O/c1-5-13-25(18(2)3)21(26)17-24-15-11-22(12-16-24)20-9-7-6-8-19(20)10-14-23(22)4/h6-9,18H,5,10-17H2,1-4H3. The second-order valence-corrected chi connectivity index (χ2v) is 8.32. The molecule has 144 valence electrons. The lowest BCUT2D eigenvalue weighted by atomic mass is 9.74. The molecular formula is C22H35N3O. The number of piperidine rings is 1. The number of likely N-dealkylation sites (N-methyl/N-ethyl adjacent to an activating group) is 1. The van der Waals surface area contributed by atoms with Crippen molar-refractivity contribution in [3.8, 4) is 0 Å². The first-order valence-electron chi connectivity index (χ1n) is 10.3. The highest BCUT2D eigenvalue weighted by atomic mass is 16.2. The Bertz CT molecular complexity index is 620. The summed E-state index contributed by atoms with van der Waals surface area (Å²) in [4.78, 5) is 19.7. The Morgan fingerprint density at radius 3 is 2.54 bits per heavy atom. The summed E-state index contributed by atoms with van der Waals surface area (Å²) in [5.41, 5.74) is 3.20. The SMILES string of the molecule is CCCN(C(=O)CN1CCC2(CC1)c1ccccc1CCN2C)C(C)C. The molecule has 1 fully saturated rings. The van der Waals surface area contributed by atoms with Crippen LogP contribution in [0.1, 0.15) is 51.2 Å². The van der Waals surface area contributed by atoms with E-state index >= 15 is 0 Å². The molecule has 3 rings (SSSR count). The van der Waals surface area contributed by atoms with Crippen LogP contribution in [0, 0.1) is 0 Å². The van der Waals surface area contributed by atoms with Gasteiger partial charge in [0.25, 0.3) is 0 Å². The number of hydrogen-bond donors (Lipinski definition) is 0. The van der Waals surface area contributed by atoms with E-state index in [1.807, 2.05) is 4.90 Å². The van der Waals surface area contributed by atoms with Gasteiger partial charge < -0.3 is 4.90 Å². The molecule has 0 aromatic heterocycles. The van der Waals surface area contributed by atoms with E-state index in [1.165, 1.54) is 11.1 Å². The van der Waals surface area contributed by atoms with E-state index < -0.39 is 0 Å². The third kappa shape index (κ3) is 3.67. The van der Waals surface area contributed by atoms with E-state index in [2.05, 4.69) is 61.9 Å². The molecule has 1 aromatic rings. The van der Waals surface area contributed by atoms with Gasteiger partial charge in [-0.25, -0.2) is 0 Å². The highest BCUT2D eigenvalue weighted by Gasteiger charge is 2.43. The fraction of sp³-hybridized carbons (Fsp3) is 0.682. The van der Waals surface area contributed by atoms with Crippen molar-refractivity contribution in [1.29, 1.82) is 0 Å². The molecule has 2 aliphatic heterocycles. The number of benzene rings is 1. The van der Waals surface area contributed by atoms with Gasteiger partial charge in [-0.05, 0) is 57.7 Å². The van der Waals surface area contributed by atoms with Crippen molar-refractivity contribution >= 4 is 5.91 Å². The molecule has 2 heterocycles. The number of likely N-dealkylation sites (tertiary alicyclic amines) is 1. The number of nitrogens with zero attached hydrogens (tertiary/aromatic N) is 3. The average molecular weight is 358 g/mol. The molecule has 0 aliphatic carbocycles. The van der Waals surface area contributed by atoms with Gasteiger partial charge in [-0.3, -0.25) is 14.6 Å². The maximum atomic E-state index is 12.7. The van der Waals surface area contributed by atoms with Crippen molar-refractivity contribution in [2.75, 3.05) is 39.8 Å². The summed E-state index contributed by atoms with van der Waals surface area (Å²) in [7, 11) is 2.28. The number of carbonyl (C=O) groups is 1. The van der Waals surface area contributed by atoms with Crippen molar-refractivity contribution in [2.24, 2.45) is 0 Å². The molecule has 0 radical (unpaired) electrons. The van der Waals surface area contributed by atoms with Crippen LogP contribution in [0.4, 0.5) is 0 Å². The lowest BCUT2D eigenvalue weighted by Gasteiger charge is -2.51. The number of rotatable bonds is 5. The van der Waals surface area contributed by atoms with Gasteiger partial charge in [-0.15, -0.1) is 0 Å². The highest BCUT2D eigenvalue weighted by Crippen LogP contribution is 2.42. The molecule has 26 heavy (non-hydrogen) atoms. The third-order valence-corrected chi connectivity index (χ3v) is 6.42. The maximum absolute atomic E-state index is 12.7. The number of hydrogen-bond acceptors (Lipinski definition) is 3. The van der Waals surface area contributed by atoms with Crippen molar-refractivity contribution < 1.29 is 4.79 Å². The topological polar surface area (TPSA) is 26.8 Å². The molecule has 0 bridgehead atoms. The summed E-state index contributed by atoms with van der Waals surface area (Å²) in [6, 6.07) is 9.26. The first kappa shape index (κ1) is 19.4. The van der Waals surface area contributed by atoms with Crippen LogP contribution in [0.3, 0.4) is 0 Å². The predicted molar refractivity (Wildman–Crippen MR) is 107 cm³/mol. The molecule has 0 atom stereocenters. The molecule has 1 aromatic carbocycles. The summed E-state index contributed by atoms with van der Waals surface area (Å²) in [5.74, 6) is 0.287. The summed E-state index contributed by atoms with van der Waals surface area (Å²) in [5, 5.41) is 0. The Kier molecular flexibility index (Phi) is 6.03. The largest absolute Gasteiger partial charge is 0.339 e. The summed E-state index contributed by atoms with van der Waals surface area (Å²) in [6.45, 7) is 10.9. The van der Waals surface area contributed by atoms with Crippen molar-refractivity contribution in [3.05, 3.63) is 35.4 Å². The highest BCUT2D eigenvalue weighted by molar-refractivity contribution is 5.78. The van der Waals surface area contributed by atoms with Crippen LogP contribution in [0.2, 0.25) is 0 Å². The quantitative estimate of drug-likeness (QED) is 0.810. The number of amides is 1. The molecule has 0 saturated carbocycles. The first-order chi connectivity index (χ1) is 12.5. The lowest BCUT2D eigenvalue weighted by Crippen LogP contribution is -2.56. The minimum Gasteiger partial charge on any atom is -0.339 e. The van der Waals surface area contributed by atoms with Crippen LogP contribution in [-0.2, 0) is 16.8 Å². The molecule has 4 heteroatoms. The van der Waals surface area contributed by atoms with E-state index in [-0.39, 0.29) is 17.5 Å². The van der Waals surface area contributed by atoms with Gasteiger partial charge in [0, 0.05) is 37.8 Å². The zero-order valence-electron chi connectivity index (χ0n) is 17.0. The van der Waals surface area contributed by atoms with Crippen molar-refractivity contribution in [1.82, 2.24) is 14.7 Å². The van der Waals surface area contributed by atoms with E-state index in [4.69, 9.17) is 0 Å². The minimum atomic E-state index is 0.162. The Labute approximate surface area is 159 Å². The summed E-state index contributed by atoms with van der Waals surface area (Å²) in [6.07, 6.45) is 4.40. The van der Waals surface area contributed by atoms with Crippen LogP contribution in [0.15, 0.2) is 24.3 Å².